The number of piperazine rings is 1. The van der Waals surface area contributed by atoms with Crippen molar-refractivity contribution < 1.29 is 18.0 Å². The molecule has 0 aliphatic carbocycles. The zero-order valence-electron chi connectivity index (χ0n) is 17.6. The summed E-state index contributed by atoms with van der Waals surface area (Å²) in [4.78, 5) is 27.8. The van der Waals surface area contributed by atoms with Gasteiger partial charge in [0, 0.05) is 52.1 Å². The van der Waals surface area contributed by atoms with Crippen molar-refractivity contribution in [3.05, 3.63) is 29.8 Å². The van der Waals surface area contributed by atoms with Crippen LogP contribution in [0.15, 0.2) is 29.2 Å². The van der Waals surface area contributed by atoms with E-state index in [-0.39, 0.29) is 35.2 Å². The van der Waals surface area contributed by atoms with Crippen LogP contribution in [0.5, 0.6) is 0 Å². The predicted octanol–water partition coefficient (Wildman–Crippen LogP) is 1.83. The molecule has 1 aromatic carbocycles. The molecule has 2 saturated heterocycles. The average molecular weight is 422 g/mol. The third-order valence-corrected chi connectivity index (χ3v) is 7.63. The summed E-state index contributed by atoms with van der Waals surface area (Å²) in [5.74, 6) is 0.0995. The second-order valence-corrected chi connectivity index (χ2v) is 10.7. The Bertz CT molecular complexity index is 851. The average Bonchev–Trinajstić information content (AvgIpc) is 3.10. The van der Waals surface area contributed by atoms with Crippen LogP contribution in [0.2, 0.25) is 0 Å². The van der Waals surface area contributed by atoms with E-state index in [2.05, 4.69) is 20.8 Å². The highest BCUT2D eigenvalue weighted by atomic mass is 32.2. The Morgan fingerprint density at radius 3 is 2.14 bits per heavy atom. The van der Waals surface area contributed by atoms with E-state index in [1.54, 1.807) is 21.9 Å². The quantitative estimate of drug-likeness (QED) is 0.727. The number of sulfonamides is 1. The zero-order chi connectivity index (χ0) is 21.2. The van der Waals surface area contributed by atoms with Crippen LogP contribution >= 0.6 is 0 Å². The van der Waals surface area contributed by atoms with E-state index in [1.165, 1.54) is 4.31 Å². The normalized spacial score (nSPS) is 19.1. The van der Waals surface area contributed by atoms with Gasteiger partial charge in [0.1, 0.15) is 0 Å². The van der Waals surface area contributed by atoms with Gasteiger partial charge >= 0.3 is 0 Å². The molecular weight excluding hydrogens is 390 g/mol. The molecule has 29 heavy (non-hydrogen) atoms. The number of nitrogens with zero attached hydrogens (tertiary/aromatic N) is 3. The molecule has 0 radical (unpaired) electrons. The lowest BCUT2D eigenvalue weighted by atomic mass is 9.87. The van der Waals surface area contributed by atoms with Crippen LogP contribution in [0.3, 0.4) is 0 Å². The van der Waals surface area contributed by atoms with E-state index in [1.807, 2.05) is 12.1 Å². The molecule has 0 saturated carbocycles. The molecule has 2 aliphatic rings. The molecule has 160 valence electrons. The molecule has 7 nitrogen and oxygen atoms in total. The molecule has 0 atom stereocenters. The number of hydrogen-bond acceptors (Lipinski definition) is 4. The fraction of sp³-hybridized carbons (Fsp3) is 0.619. The van der Waals surface area contributed by atoms with Gasteiger partial charge in [0.15, 0.2) is 0 Å². The number of amides is 2. The van der Waals surface area contributed by atoms with Gasteiger partial charge in [-0.3, -0.25) is 9.59 Å². The Kier molecular flexibility index (Phi) is 6.33. The number of rotatable bonds is 5. The van der Waals surface area contributed by atoms with Crippen LogP contribution in [-0.4, -0.2) is 73.6 Å². The van der Waals surface area contributed by atoms with Crippen molar-refractivity contribution in [2.45, 2.75) is 50.3 Å². The topological polar surface area (TPSA) is 78.0 Å². The predicted molar refractivity (Wildman–Crippen MR) is 111 cm³/mol. The Morgan fingerprint density at radius 1 is 1.00 bits per heavy atom. The van der Waals surface area contributed by atoms with Gasteiger partial charge in [-0.1, -0.05) is 32.9 Å². The molecule has 2 aliphatic heterocycles. The summed E-state index contributed by atoms with van der Waals surface area (Å²) >= 11 is 0. The van der Waals surface area contributed by atoms with Gasteiger partial charge < -0.3 is 9.80 Å². The van der Waals surface area contributed by atoms with Crippen LogP contribution in [0.25, 0.3) is 0 Å². The van der Waals surface area contributed by atoms with Gasteiger partial charge in [-0.05, 0) is 29.5 Å². The van der Waals surface area contributed by atoms with Crippen molar-refractivity contribution in [2.24, 2.45) is 0 Å². The molecule has 2 amide bonds. The van der Waals surface area contributed by atoms with Gasteiger partial charge in [-0.2, -0.15) is 4.31 Å². The minimum Gasteiger partial charge on any atom is -0.342 e. The van der Waals surface area contributed by atoms with E-state index in [4.69, 9.17) is 0 Å². The Balaban J connectivity index is 1.55. The maximum atomic E-state index is 12.9. The summed E-state index contributed by atoms with van der Waals surface area (Å²) in [6.45, 7) is 8.79. The van der Waals surface area contributed by atoms with E-state index in [0.717, 1.165) is 18.5 Å². The number of carbonyl (C=O) groups excluding carboxylic acids is 2. The maximum absolute atomic E-state index is 12.9. The Hall–Kier alpha value is -1.93. The summed E-state index contributed by atoms with van der Waals surface area (Å²) < 4.78 is 27.3. The summed E-state index contributed by atoms with van der Waals surface area (Å²) in [7, 11) is -3.56. The molecular formula is C21H31N3O4S. The van der Waals surface area contributed by atoms with E-state index < -0.39 is 10.0 Å². The monoisotopic (exact) mass is 421 g/mol. The second-order valence-electron chi connectivity index (χ2n) is 8.79. The van der Waals surface area contributed by atoms with Gasteiger partial charge in [-0.15, -0.1) is 0 Å². The number of carbonyl (C=O) groups is 2. The lowest BCUT2D eigenvalue weighted by Crippen LogP contribution is -2.50. The highest BCUT2D eigenvalue weighted by Crippen LogP contribution is 2.25. The fourth-order valence-electron chi connectivity index (χ4n) is 3.78. The highest BCUT2D eigenvalue weighted by molar-refractivity contribution is 7.89. The molecule has 0 bridgehead atoms. The summed E-state index contributed by atoms with van der Waals surface area (Å²) in [5.41, 5.74) is 1.05. The van der Waals surface area contributed by atoms with Crippen molar-refractivity contribution in [1.29, 1.82) is 0 Å². The second kappa shape index (κ2) is 8.44. The molecule has 8 heteroatoms. The molecule has 2 heterocycles. The summed E-state index contributed by atoms with van der Waals surface area (Å²) in [5, 5.41) is 0. The van der Waals surface area contributed by atoms with Gasteiger partial charge in [0.25, 0.3) is 0 Å². The molecule has 0 spiro atoms. The number of benzene rings is 1. The molecule has 0 aromatic heterocycles. The lowest BCUT2D eigenvalue weighted by Gasteiger charge is -2.34. The van der Waals surface area contributed by atoms with Crippen molar-refractivity contribution in [2.75, 3.05) is 39.3 Å². The fourth-order valence-corrected chi connectivity index (χ4v) is 5.21. The third-order valence-electron chi connectivity index (χ3n) is 5.72. The maximum Gasteiger partial charge on any atom is 0.243 e. The van der Waals surface area contributed by atoms with Crippen LogP contribution in [0.4, 0.5) is 0 Å². The third kappa shape index (κ3) is 4.98. The van der Waals surface area contributed by atoms with Crippen LogP contribution in [0, 0.1) is 0 Å². The smallest absolute Gasteiger partial charge is 0.243 e. The molecule has 1 aromatic rings. The highest BCUT2D eigenvalue weighted by Gasteiger charge is 2.31. The standard InChI is InChI=1S/C21H31N3O4S/c1-21(2,3)17-6-8-18(9-7-17)29(27,28)24-15-13-23(14-16-24)20(26)10-12-22-11-4-5-19(22)25/h6-9H,4-5,10-16H2,1-3H3. The van der Waals surface area contributed by atoms with Gasteiger partial charge in [0.05, 0.1) is 4.90 Å². The van der Waals surface area contributed by atoms with E-state index >= 15 is 0 Å². The van der Waals surface area contributed by atoms with Crippen LogP contribution in [-0.2, 0) is 25.0 Å². The number of hydrogen-bond donors (Lipinski definition) is 0. The van der Waals surface area contributed by atoms with Crippen LogP contribution < -0.4 is 0 Å². The first-order valence-electron chi connectivity index (χ1n) is 10.3. The minimum absolute atomic E-state index is 0.0173. The van der Waals surface area contributed by atoms with Crippen molar-refractivity contribution in [3.8, 4) is 0 Å². The van der Waals surface area contributed by atoms with Gasteiger partial charge in [-0.25, -0.2) is 8.42 Å². The molecule has 3 rings (SSSR count). The van der Waals surface area contributed by atoms with Crippen molar-refractivity contribution in [1.82, 2.24) is 14.1 Å². The molecule has 0 N–H and O–H groups in total. The van der Waals surface area contributed by atoms with Crippen molar-refractivity contribution in [3.63, 3.8) is 0 Å². The molecule has 0 unspecified atom stereocenters. The Morgan fingerprint density at radius 2 is 1.62 bits per heavy atom. The first kappa shape index (κ1) is 21.8. The van der Waals surface area contributed by atoms with E-state index in [0.29, 0.717) is 32.5 Å². The Labute approximate surface area is 173 Å². The zero-order valence-corrected chi connectivity index (χ0v) is 18.4. The minimum atomic E-state index is -3.56. The summed E-state index contributed by atoms with van der Waals surface area (Å²) in [6, 6.07) is 7.07. The lowest BCUT2D eigenvalue weighted by molar-refractivity contribution is -0.133. The molecule has 2 fully saturated rings. The first-order valence-corrected chi connectivity index (χ1v) is 11.7. The van der Waals surface area contributed by atoms with Crippen molar-refractivity contribution >= 4 is 21.8 Å². The first-order chi connectivity index (χ1) is 13.6. The van der Waals surface area contributed by atoms with Gasteiger partial charge in [0.2, 0.25) is 21.8 Å². The number of likely N-dealkylation sites (tertiary alicyclic amines) is 1. The van der Waals surface area contributed by atoms with Crippen LogP contribution in [0.1, 0.15) is 45.6 Å². The summed E-state index contributed by atoms with van der Waals surface area (Å²) in [6.07, 6.45) is 1.73. The van der Waals surface area contributed by atoms with E-state index in [9.17, 15) is 18.0 Å². The SMILES string of the molecule is CC(C)(C)c1ccc(S(=O)(=O)N2CCN(C(=O)CCN3CCCC3=O)CC2)cc1. The largest absolute Gasteiger partial charge is 0.342 e.